The summed E-state index contributed by atoms with van der Waals surface area (Å²) in [5, 5.41) is -0.0699. The fourth-order valence-corrected chi connectivity index (χ4v) is 8.10. The summed E-state index contributed by atoms with van der Waals surface area (Å²) in [7, 11) is -4.11. The van der Waals surface area contributed by atoms with E-state index in [-0.39, 0.29) is 21.0 Å². The van der Waals surface area contributed by atoms with Gasteiger partial charge in [0.25, 0.3) is 5.91 Å². The molecule has 5 rings (SSSR count). The average Bonchev–Trinajstić information content (AvgIpc) is 3.14. The third kappa shape index (κ3) is 4.46. The van der Waals surface area contributed by atoms with Crippen molar-refractivity contribution in [2.75, 3.05) is 29.4 Å². The first kappa shape index (κ1) is 25.0. The summed E-state index contributed by atoms with van der Waals surface area (Å²) in [6.45, 7) is 8.75. The molecule has 2 saturated heterocycles. The molecule has 194 valence electrons. The number of nitrogens with two attached hydrogens (primary N) is 1. The van der Waals surface area contributed by atoms with Crippen LogP contribution in [0.1, 0.15) is 69.7 Å². The summed E-state index contributed by atoms with van der Waals surface area (Å²) in [5.41, 5.74) is 5.46. The van der Waals surface area contributed by atoms with E-state index in [9.17, 15) is 13.2 Å². The van der Waals surface area contributed by atoms with Gasteiger partial charge in [-0.15, -0.1) is 0 Å². The van der Waals surface area contributed by atoms with Gasteiger partial charge >= 0.3 is 0 Å². The topological polar surface area (TPSA) is 109 Å². The number of hydrogen-bond donors (Lipinski definition) is 1. The zero-order chi connectivity index (χ0) is 25.7. The van der Waals surface area contributed by atoms with E-state index in [0.717, 1.165) is 31.8 Å². The molecule has 0 bridgehead atoms. The number of piperidine rings is 1. The van der Waals surface area contributed by atoms with Crippen LogP contribution in [0.25, 0.3) is 0 Å². The standard InChI is InChI=1S/C27H37N5O3S/c1-18-15-27(2,3)32(16-18)26-24(25(28)33)21(11-13-29-26)36(34,35)23-10-6-9-22(30-23)31-14-12-19-7-4-5-8-20(19)17-31/h6,9-11,13,18-20H,4-5,7-8,12,14-17H2,1-3H3,(H2,28,33). The summed E-state index contributed by atoms with van der Waals surface area (Å²) < 4.78 is 27.8. The van der Waals surface area contributed by atoms with Gasteiger partial charge in [-0.1, -0.05) is 32.3 Å². The molecule has 0 spiro atoms. The van der Waals surface area contributed by atoms with Crippen molar-refractivity contribution in [1.29, 1.82) is 0 Å². The highest BCUT2D eigenvalue weighted by Gasteiger charge is 2.40. The summed E-state index contributed by atoms with van der Waals surface area (Å²) in [4.78, 5) is 25.8. The van der Waals surface area contributed by atoms with Crippen molar-refractivity contribution in [2.24, 2.45) is 23.5 Å². The average molecular weight is 512 g/mol. The number of sulfone groups is 1. The maximum Gasteiger partial charge on any atom is 0.253 e. The lowest BCUT2D eigenvalue weighted by Crippen LogP contribution is -2.42. The van der Waals surface area contributed by atoms with Gasteiger partial charge in [-0.25, -0.2) is 18.4 Å². The molecule has 1 amide bonds. The SMILES string of the molecule is CC1CN(c2nccc(S(=O)(=O)c3cccc(N4CCC5CCCCC5C4)n3)c2C(N)=O)C(C)(C)C1. The minimum absolute atomic E-state index is 0.0603. The predicted molar refractivity (Wildman–Crippen MR) is 140 cm³/mol. The van der Waals surface area contributed by atoms with Crippen molar-refractivity contribution in [3.63, 3.8) is 0 Å². The maximum atomic E-state index is 13.9. The second-order valence-corrected chi connectivity index (χ2v) is 13.3. The number of rotatable bonds is 5. The molecule has 3 atom stereocenters. The lowest BCUT2D eigenvalue weighted by atomic mass is 9.75. The Morgan fingerprint density at radius 2 is 1.83 bits per heavy atom. The Labute approximate surface area is 214 Å². The summed E-state index contributed by atoms with van der Waals surface area (Å²) in [6.07, 6.45) is 8.59. The first-order chi connectivity index (χ1) is 17.1. The number of carbonyl (C=O) groups excluding carboxylic acids is 1. The molecule has 3 unspecified atom stereocenters. The second-order valence-electron chi connectivity index (χ2n) is 11.5. The Balaban J connectivity index is 1.51. The monoisotopic (exact) mass is 511 g/mol. The van der Waals surface area contributed by atoms with E-state index >= 15 is 0 Å². The smallest absolute Gasteiger partial charge is 0.253 e. The summed E-state index contributed by atoms with van der Waals surface area (Å²) in [6, 6.07) is 6.48. The van der Waals surface area contributed by atoms with Crippen LogP contribution in [0.2, 0.25) is 0 Å². The van der Waals surface area contributed by atoms with E-state index in [1.807, 2.05) is 11.0 Å². The number of primary amides is 1. The molecule has 1 saturated carbocycles. The Morgan fingerprint density at radius 1 is 1.08 bits per heavy atom. The molecule has 8 nitrogen and oxygen atoms in total. The highest BCUT2D eigenvalue weighted by Crippen LogP contribution is 2.40. The molecule has 0 radical (unpaired) electrons. The molecule has 2 aromatic heterocycles. The Hall–Kier alpha value is -2.68. The number of fused-ring (bicyclic) bond motifs is 1. The Morgan fingerprint density at radius 3 is 2.53 bits per heavy atom. The van der Waals surface area contributed by atoms with Gasteiger partial charge in [0, 0.05) is 31.4 Å². The van der Waals surface area contributed by atoms with Gasteiger partial charge in [0.2, 0.25) is 9.84 Å². The second kappa shape index (κ2) is 9.32. The molecule has 2 aromatic rings. The number of aromatic nitrogens is 2. The fourth-order valence-electron chi connectivity index (χ4n) is 6.70. The van der Waals surface area contributed by atoms with Gasteiger partial charge in [-0.2, -0.15) is 0 Å². The van der Waals surface area contributed by atoms with Crippen LogP contribution in [0.5, 0.6) is 0 Å². The van der Waals surface area contributed by atoms with Gasteiger partial charge in [0.15, 0.2) is 5.03 Å². The zero-order valence-electron chi connectivity index (χ0n) is 21.5. The number of pyridine rings is 2. The van der Waals surface area contributed by atoms with Gasteiger partial charge in [0.05, 0.1) is 4.90 Å². The lowest BCUT2D eigenvalue weighted by Gasteiger charge is -2.41. The minimum atomic E-state index is -4.11. The van der Waals surface area contributed by atoms with Gasteiger partial charge < -0.3 is 15.5 Å². The maximum absolute atomic E-state index is 13.9. The van der Waals surface area contributed by atoms with Crippen molar-refractivity contribution in [3.05, 3.63) is 36.0 Å². The van der Waals surface area contributed by atoms with Crippen LogP contribution in [-0.2, 0) is 9.84 Å². The number of nitrogens with zero attached hydrogens (tertiary/aromatic N) is 4. The number of hydrogen-bond acceptors (Lipinski definition) is 7. The van der Waals surface area contributed by atoms with Crippen LogP contribution in [0.15, 0.2) is 40.4 Å². The summed E-state index contributed by atoms with van der Waals surface area (Å²) >= 11 is 0. The van der Waals surface area contributed by atoms with Crippen LogP contribution in [-0.4, -0.2) is 49.5 Å². The number of anilines is 2. The third-order valence-electron chi connectivity index (χ3n) is 8.36. The first-order valence-corrected chi connectivity index (χ1v) is 14.6. The van der Waals surface area contributed by atoms with Crippen molar-refractivity contribution < 1.29 is 13.2 Å². The number of amides is 1. The Bertz CT molecular complexity index is 1260. The molecule has 36 heavy (non-hydrogen) atoms. The van der Waals surface area contributed by atoms with E-state index in [2.05, 4.69) is 35.6 Å². The minimum Gasteiger partial charge on any atom is -0.365 e. The molecule has 1 aliphatic carbocycles. The number of carbonyl (C=O) groups is 1. The normalized spacial score (nSPS) is 26.0. The molecule has 3 fully saturated rings. The highest BCUT2D eigenvalue weighted by molar-refractivity contribution is 7.91. The zero-order valence-corrected chi connectivity index (χ0v) is 22.3. The van der Waals surface area contributed by atoms with Crippen molar-refractivity contribution in [3.8, 4) is 0 Å². The molecule has 3 aliphatic rings. The van der Waals surface area contributed by atoms with E-state index < -0.39 is 15.7 Å². The molecule has 9 heteroatoms. The van der Waals surface area contributed by atoms with E-state index in [4.69, 9.17) is 5.73 Å². The lowest BCUT2D eigenvalue weighted by molar-refractivity contribution is 0.0997. The van der Waals surface area contributed by atoms with E-state index in [1.54, 1.807) is 6.07 Å². The van der Waals surface area contributed by atoms with Crippen molar-refractivity contribution >= 4 is 27.4 Å². The van der Waals surface area contributed by atoms with Crippen LogP contribution in [0, 0.1) is 17.8 Å². The third-order valence-corrected chi connectivity index (χ3v) is 10.1. The van der Waals surface area contributed by atoms with Crippen LogP contribution < -0.4 is 15.5 Å². The molecule has 0 aromatic carbocycles. The quantitative estimate of drug-likeness (QED) is 0.645. The van der Waals surface area contributed by atoms with Gasteiger partial charge in [0.1, 0.15) is 17.2 Å². The molecular formula is C27H37N5O3S. The largest absolute Gasteiger partial charge is 0.365 e. The van der Waals surface area contributed by atoms with Crippen LogP contribution in [0.4, 0.5) is 11.6 Å². The van der Waals surface area contributed by atoms with E-state index in [1.165, 1.54) is 44.0 Å². The predicted octanol–water partition coefficient (Wildman–Crippen LogP) is 4.05. The van der Waals surface area contributed by atoms with E-state index in [0.29, 0.717) is 30.0 Å². The summed E-state index contributed by atoms with van der Waals surface area (Å²) in [5.74, 6) is 1.99. The molecular weight excluding hydrogens is 474 g/mol. The van der Waals surface area contributed by atoms with Crippen molar-refractivity contribution in [1.82, 2.24) is 9.97 Å². The highest BCUT2D eigenvalue weighted by atomic mass is 32.2. The Kier molecular flexibility index (Phi) is 6.47. The van der Waals surface area contributed by atoms with Crippen LogP contribution in [0.3, 0.4) is 0 Å². The van der Waals surface area contributed by atoms with Crippen LogP contribution >= 0.6 is 0 Å². The molecule has 2 N–H and O–H groups in total. The van der Waals surface area contributed by atoms with Crippen molar-refractivity contribution in [2.45, 2.75) is 74.8 Å². The van der Waals surface area contributed by atoms with Gasteiger partial charge in [-0.3, -0.25) is 4.79 Å². The van der Waals surface area contributed by atoms with Gasteiger partial charge in [-0.05, 0) is 69.1 Å². The molecule has 4 heterocycles. The first-order valence-electron chi connectivity index (χ1n) is 13.1. The fraction of sp³-hybridized carbons (Fsp3) is 0.593. The molecule has 2 aliphatic heterocycles.